The van der Waals surface area contributed by atoms with Crippen molar-refractivity contribution >= 4 is 0 Å². The Kier molecular flexibility index (Phi) is 7.16. The minimum Gasteiger partial charge on any atom is -0.497 e. The Hall–Kier alpha value is -1.48. The highest BCUT2D eigenvalue weighted by Crippen LogP contribution is 2.29. The van der Waals surface area contributed by atoms with E-state index in [1.807, 2.05) is 6.07 Å². The first-order valence-corrected chi connectivity index (χ1v) is 7.21. The molecule has 0 aliphatic heterocycles. The van der Waals surface area contributed by atoms with Crippen LogP contribution in [0.15, 0.2) is 30.4 Å². The van der Waals surface area contributed by atoms with E-state index in [0.717, 1.165) is 37.3 Å². The van der Waals surface area contributed by atoms with Crippen LogP contribution in [0.1, 0.15) is 44.7 Å². The van der Waals surface area contributed by atoms with Gasteiger partial charge in [-0.05, 0) is 50.4 Å². The number of allylic oxidation sites excluding steroid dienone is 1. The predicted octanol–water partition coefficient (Wildman–Crippen LogP) is 4.10. The summed E-state index contributed by atoms with van der Waals surface area (Å²) in [6.45, 7) is 9.24. The number of hydrogen-bond acceptors (Lipinski definition) is 3. The minimum atomic E-state index is 0.302. The van der Waals surface area contributed by atoms with Gasteiger partial charge in [0, 0.05) is 12.1 Å². The first-order valence-electron chi connectivity index (χ1n) is 7.21. The van der Waals surface area contributed by atoms with Gasteiger partial charge in [-0.25, -0.2) is 0 Å². The topological polar surface area (TPSA) is 30.5 Å². The van der Waals surface area contributed by atoms with Gasteiger partial charge in [-0.1, -0.05) is 12.5 Å². The number of ether oxygens (including phenoxy) is 2. The van der Waals surface area contributed by atoms with Crippen molar-refractivity contribution < 1.29 is 9.47 Å². The van der Waals surface area contributed by atoms with Crippen molar-refractivity contribution in [2.75, 3.05) is 20.8 Å². The van der Waals surface area contributed by atoms with E-state index in [1.54, 1.807) is 14.2 Å². The summed E-state index contributed by atoms with van der Waals surface area (Å²) in [6.07, 6.45) is 3.16. The van der Waals surface area contributed by atoms with Crippen LogP contribution in [0.4, 0.5) is 0 Å². The zero-order valence-corrected chi connectivity index (χ0v) is 13.2. The number of rotatable bonds is 9. The summed E-state index contributed by atoms with van der Waals surface area (Å²) in [6, 6.07) is 6.36. The molecule has 0 heterocycles. The standard InChI is InChI=1S/C17H27NO2/c1-6-9-18-17(8-7-13(2)3)14-10-15(19-4)12-16(11-14)20-5/h10-12,17-18H,2,6-9H2,1,3-5H3. The Labute approximate surface area is 123 Å². The molecule has 0 radical (unpaired) electrons. The van der Waals surface area contributed by atoms with Gasteiger partial charge in [-0.3, -0.25) is 0 Å². The fourth-order valence-electron chi connectivity index (χ4n) is 2.13. The van der Waals surface area contributed by atoms with Crippen molar-refractivity contribution in [3.8, 4) is 11.5 Å². The number of methoxy groups -OCH3 is 2. The largest absolute Gasteiger partial charge is 0.497 e. The fourth-order valence-corrected chi connectivity index (χ4v) is 2.13. The molecular weight excluding hydrogens is 250 g/mol. The molecule has 1 unspecified atom stereocenters. The zero-order valence-electron chi connectivity index (χ0n) is 13.2. The zero-order chi connectivity index (χ0) is 15.0. The van der Waals surface area contributed by atoms with Crippen LogP contribution in [0.3, 0.4) is 0 Å². The van der Waals surface area contributed by atoms with E-state index in [1.165, 1.54) is 11.1 Å². The van der Waals surface area contributed by atoms with Crippen molar-refractivity contribution in [1.29, 1.82) is 0 Å². The van der Waals surface area contributed by atoms with Crippen LogP contribution in [0.5, 0.6) is 11.5 Å². The second-order valence-corrected chi connectivity index (χ2v) is 5.15. The van der Waals surface area contributed by atoms with Gasteiger partial charge in [0.2, 0.25) is 0 Å². The Morgan fingerprint density at radius 3 is 2.25 bits per heavy atom. The first-order chi connectivity index (χ1) is 9.60. The quantitative estimate of drug-likeness (QED) is 0.689. The normalized spacial score (nSPS) is 12.0. The maximum Gasteiger partial charge on any atom is 0.122 e. The SMILES string of the molecule is C=C(C)CCC(NCCC)c1cc(OC)cc(OC)c1. The van der Waals surface area contributed by atoms with Crippen LogP contribution in [0.2, 0.25) is 0 Å². The van der Waals surface area contributed by atoms with Gasteiger partial charge >= 0.3 is 0 Å². The maximum absolute atomic E-state index is 5.35. The summed E-state index contributed by atoms with van der Waals surface area (Å²) in [5, 5.41) is 3.59. The van der Waals surface area contributed by atoms with E-state index in [4.69, 9.17) is 9.47 Å². The van der Waals surface area contributed by atoms with Gasteiger partial charge in [-0.15, -0.1) is 6.58 Å². The maximum atomic E-state index is 5.35. The highest BCUT2D eigenvalue weighted by molar-refractivity contribution is 5.39. The summed E-state index contributed by atoms with van der Waals surface area (Å²) in [7, 11) is 3.36. The molecule has 0 saturated heterocycles. The molecule has 0 bridgehead atoms. The molecule has 3 heteroatoms. The average Bonchev–Trinajstić information content (AvgIpc) is 2.46. The fraction of sp³-hybridized carbons (Fsp3) is 0.529. The van der Waals surface area contributed by atoms with Gasteiger partial charge in [0.05, 0.1) is 14.2 Å². The van der Waals surface area contributed by atoms with Gasteiger partial charge in [0.25, 0.3) is 0 Å². The molecule has 0 amide bonds. The molecule has 1 aromatic carbocycles. The van der Waals surface area contributed by atoms with Crippen LogP contribution in [-0.2, 0) is 0 Å². The van der Waals surface area contributed by atoms with E-state index in [2.05, 4.69) is 37.9 Å². The van der Waals surface area contributed by atoms with Crippen LogP contribution in [0.25, 0.3) is 0 Å². The van der Waals surface area contributed by atoms with E-state index in [9.17, 15) is 0 Å². The molecule has 1 N–H and O–H groups in total. The molecule has 0 aliphatic rings. The molecule has 0 spiro atoms. The molecule has 1 aromatic rings. The van der Waals surface area contributed by atoms with Crippen molar-refractivity contribution in [1.82, 2.24) is 5.32 Å². The van der Waals surface area contributed by atoms with Crippen LogP contribution in [0, 0.1) is 0 Å². The molecule has 112 valence electrons. The monoisotopic (exact) mass is 277 g/mol. The van der Waals surface area contributed by atoms with Gasteiger partial charge in [0.15, 0.2) is 0 Å². The summed E-state index contributed by atoms with van der Waals surface area (Å²) in [5.74, 6) is 1.66. The van der Waals surface area contributed by atoms with Crippen LogP contribution in [-0.4, -0.2) is 20.8 Å². The molecular formula is C17H27NO2. The number of benzene rings is 1. The smallest absolute Gasteiger partial charge is 0.122 e. The lowest BCUT2D eigenvalue weighted by molar-refractivity contribution is 0.390. The molecule has 0 fully saturated rings. The van der Waals surface area contributed by atoms with Crippen molar-refractivity contribution in [3.05, 3.63) is 35.9 Å². The van der Waals surface area contributed by atoms with Crippen molar-refractivity contribution in [2.45, 2.75) is 39.2 Å². The molecule has 20 heavy (non-hydrogen) atoms. The highest BCUT2D eigenvalue weighted by Gasteiger charge is 2.13. The second-order valence-electron chi connectivity index (χ2n) is 5.15. The van der Waals surface area contributed by atoms with Gasteiger partial charge < -0.3 is 14.8 Å². The molecule has 1 atom stereocenters. The highest BCUT2D eigenvalue weighted by atomic mass is 16.5. The minimum absolute atomic E-state index is 0.302. The molecule has 0 aliphatic carbocycles. The van der Waals surface area contributed by atoms with E-state index >= 15 is 0 Å². The lowest BCUT2D eigenvalue weighted by atomic mass is 9.99. The predicted molar refractivity (Wildman–Crippen MR) is 84.6 cm³/mol. The number of hydrogen-bond donors (Lipinski definition) is 1. The van der Waals surface area contributed by atoms with Gasteiger partial charge in [0.1, 0.15) is 11.5 Å². The van der Waals surface area contributed by atoms with E-state index < -0.39 is 0 Å². The summed E-state index contributed by atoms with van der Waals surface area (Å²) in [5.41, 5.74) is 2.42. The summed E-state index contributed by atoms with van der Waals surface area (Å²) < 4.78 is 10.7. The van der Waals surface area contributed by atoms with Crippen LogP contribution < -0.4 is 14.8 Å². The van der Waals surface area contributed by atoms with Crippen molar-refractivity contribution in [2.24, 2.45) is 0 Å². The Morgan fingerprint density at radius 1 is 1.20 bits per heavy atom. The third kappa shape index (κ3) is 5.25. The van der Waals surface area contributed by atoms with E-state index in [-0.39, 0.29) is 0 Å². The van der Waals surface area contributed by atoms with E-state index in [0.29, 0.717) is 6.04 Å². The van der Waals surface area contributed by atoms with Crippen molar-refractivity contribution in [3.63, 3.8) is 0 Å². The van der Waals surface area contributed by atoms with Crippen LogP contribution >= 0.6 is 0 Å². The molecule has 0 aromatic heterocycles. The first kappa shape index (κ1) is 16.6. The summed E-state index contributed by atoms with van der Waals surface area (Å²) in [4.78, 5) is 0. The second kappa shape index (κ2) is 8.64. The number of nitrogens with one attached hydrogen (secondary N) is 1. The third-order valence-electron chi connectivity index (χ3n) is 3.28. The Balaban J connectivity index is 2.94. The lowest BCUT2D eigenvalue weighted by Crippen LogP contribution is -2.22. The molecule has 0 saturated carbocycles. The average molecular weight is 277 g/mol. The Morgan fingerprint density at radius 2 is 1.80 bits per heavy atom. The third-order valence-corrected chi connectivity index (χ3v) is 3.28. The summed E-state index contributed by atoms with van der Waals surface area (Å²) >= 11 is 0. The Bertz CT molecular complexity index is 407. The molecule has 3 nitrogen and oxygen atoms in total. The van der Waals surface area contributed by atoms with Gasteiger partial charge in [-0.2, -0.15) is 0 Å². The lowest BCUT2D eigenvalue weighted by Gasteiger charge is -2.20. The molecule has 1 rings (SSSR count).